The maximum atomic E-state index is 13.1. The molecule has 0 radical (unpaired) electrons. The van der Waals surface area contributed by atoms with Crippen LogP contribution in [-0.2, 0) is 4.74 Å². The van der Waals surface area contributed by atoms with E-state index < -0.39 is 49.1 Å². The summed E-state index contributed by atoms with van der Waals surface area (Å²) in [5.74, 6) is -0.968. The molecule has 0 aliphatic carbocycles. The molecule has 1 saturated heterocycles. The van der Waals surface area contributed by atoms with Crippen molar-refractivity contribution in [2.75, 3.05) is 13.7 Å². The molecule has 5 atom stereocenters. The number of carbonyl (C=O) groups excluding carboxylic acids is 2. The third-order valence-corrected chi connectivity index (χ3v) is 6.52. The second kappa shape index (κ2) is 6.79. The summed E-state index contributed by atoms with van der Waals surface area (Å²) in [5, 5.41) is 42.1. The molecule has 0 bridgehead atoms. The third-order valence-electron chi connectivity index (χ3n) is 6.52. The molecule has 0 saturated carbocycles. The lowest BCUT2D eigenvalue weighted by molar-refractivity contribution is -0.249. The molecule has 12 nitrogen and oxygen atoms in total. The number of amides is 2. The van der Waals surface area contributed by atoms with Crippen LogP contribution in [0.1, 0.15) is 27.1 Å². The lowest BCUT2D eigenvalue weighted by atomic mass is 9.98. The SMILES string of the molecule is CN1C(=O)c2c(n3cncc3c3c2c2cccnc2n3[C@@H]2O[C@H](CO)[C@@H](O)[C@H](O)[C@H]2O)C1=O. The Kier molecular flexibility index (Phi) is 4.16. The minimum atomic E-state index is -1.61. The van der Waals surface area contributed by atoms with E-state index in [1.807, 2.05) is 0 Å². The number of aliphatic hydroxyl groups excluding tert-OH is 4. The van der Waals surface area contributed by atoms with Gasteiger partial charge in [0.05, 0.1) is 35.7 Å². The van der Waals surface area contributed by atoms with Crippen LogP contribution in [0.4, 0.5) is 0 Å². The molecule has 1 fully saturated rings. The van der Waals surface area contributed by atoms with Gasteiger partial charge in [0, 0.05) is 24.0 Å². The van der Waals surface area contributed by atoms with Crippen molar-refractivity contribution in [3.8, 4) is 0 Å². The van der Waals surface area contributed by atoms with E-state index in [0.29, 0.717) is 27.5 Å². The lowest BCUT2D eigenvalue weighted by Crippen LogP contribution is -2.56. The molecule has 170 valence electrons. The van der Waals surface area contributed by atoms with Gasteiger partial charge in [-0.1, -0.05) is 0 Å². The quantitative estimate of drug-likeness (QED) is 0.280. The van der Waals surface area contributed by atoms with Crippen molar-refractivity contribution >= 4 is 39.3 Å². The number of rotatable bonds is 2. The Bertz CT molecular complexity index is 1470. The lowest BCUT2D eigenvalue weighted by Gasteiger charge is -2.40. The summed E-state index contributed by atoms with van der Waals surface area (Å²) in [6.45, 7) is -0.596. The fraction of sp³-hybridized carbons (Fsp3) is 0.333. The predicted molar refractivity (Wildman–Crippen MR) is 111 cm³/mol. The van der Waals surface area contributed by atoms with E-state index in [4.69, 9.17) is 4.74 Å². The zero-order valence-electron chi connectivity index (χ0n) is 17.2. The first kappa shape index (κ1) is 20.2. The van der Waals surface area contributed by atoms with Crippen LogP contribution >= 0.6 is 0 Å². The highest BCUT2D eigenvalue weighted by Crippen LogP contribution is 2.42. The molecule has 0 spiro atoms. The van der Waals surface area contributed by atoms with Crippen molar-refractivity contribution < 1.29 is 34.8 Å². The molecular weight excluding hydrogens is 434 g/mol. The summed E-state index contributed by atoms with van der Waals surface area (Å²) < 4.78 is 8.84. The van der Waals surface area contributed by atoms with Gasteiger partial charge in [-0.2, -0.15) is 0 Å². The number of aromatic nitrogens is 4. The van der Waals surface area contributed by atoms with Crippen molar-refractivity contribution in [2.24, 2.45) is 0 Å². The fourth-order valence-corrected chi connectivity index (χ4v) is 4.91. The van der Waals surface area contributed by atoms with Crippen LogP contribution < -0.4 is 0 Å². The second-order valence-corrected chi connectivity index (χ2v) is 8.23. The van der Waals surface area contributed by atoms with Gasteiger partial charge in [-0.25, -0.2) is 9.97 Å². The number of pyridine rings is 2. The standard InChI is InChI=1S/C21H19N5O7/c1-24-19(31)12-11-8-3-2-4-23-18(8)26(21-17(30)16(29)15(28)10(6-27)33-21)13(11)9-5-22-7-25(9)14(12)20(24)32/h2-5,7,10,15-17,21,27-30H,6H2,1H3/t10-,15-,16+,17-,21-/m1/s1. The van der Waals surface area contributed by atoms with Crippen LogP contribution in [0.25, 0.3) is 27.5 Å². The summed E-state index contributed by atoms with van der Waals surface area (Å²) in [7, 11) is 1.40. The van der Waals surface area contributed by atoms with E-state index in [9.17, 15) is 30.0 Å². The molecule has 4 N–H and O–H groups in total. The van der Waals surface area contributed by atoms with Crippen molar-refractivity contribution in [3.63, 3.8) is 0 Å². The number of imide groups is 1. The van der Waals surface area contributed by atoms with Gasteiger partial charge < -0.3 is 25.2 Å². The van der Waals surface area contributed by atoms with Gasteiger partial charge in [0.25, 0.3) is 11.8 Å². The molecule has 12 heteroatoms. The summed E-state index contributed by atoms with van der Waals surface area (Å²) in [6.07, 6.45) is -2.68. The molecule has 33 heavy (non-hydrogen) atoms. The van der Waals surface area contributed by atoms with Crippen LogP contribution in [0.2, 0.25) is 0 Å². The fourth-order valence-electron chi connectivity index (χ4n) is 4.91. The summed E-state index contributed by atoms with van der Waals surface area (Å²) >= 11 is 0. The third kappa shape index (κ3) is 2.41. The molecule has 2 aliphatic rings. The Morgan fingerprint density at radius 3 is 2.67 bits per heavy atom. The first-order valence-corrected chi connectivity index (χ1v) is 10.3. The molecule has 4 aromatic rings. The Balaban J connectivity index is 1.78. The first-order chi connectivity index (χ1) is 15.9. The molecule has 2 amide bonds. The number of imidazole rings is 1. The highest BCUT2D eigenvalue weighted by molar-refractivity contribution is 6.30. The number of carbonyl (C=O) groups is 2. The first-order valence-electron chi connectivity index (χ1n) is 10.3. The molecule has 6 rings (SSSR count). The number of nitrogens with zero attached hydrogens (tertiary/aromatic N) is 5. The zero-order valence-corrected chi connectivity index (χ0v) is 17.2. The van der Waals surface area contributed by atoms with Crippen molar-refractivity contribution in [1.29, 1.82) is 0 Å². The highest BCUT2D eigenvalue weighted by atomic mass is 16.6. The van der Waals surface area contributed by atoms with E-state index >= 15 is 0 Å². The average Bonchev–Trinajstić information content (AvgIpc) is 3.49. The van der Waals surface area contributed by atoms with Gasteiger partial charge in [0.15, 0.2) is 6.23 Å². The van der Waals surface area contributed by atoms with Gasteiger partial charge in [0.1, 0.15) is 35.8 Å². The topological polar surface area (TPSA) is 163 Å². The summed E-state index contributed by atoms with van der Waals surface area (Å²) in [6, 6.07) is 3.41. The van der Waals surface area contributed by atoms with Crippen molar-refractivity contribution in [2.45, 2.75) is 30.6 Å². The predicted octanol–water partition coefficient (Wildman–Crippen LogP) is -0.965. The van der Waals surface area contributed by atoms with Gasteiger partial charge in [-0.05, 0) is 12.1 Å². The Hall–Kier alpha value is -3.42. The van der Waals surface area contributed by atoms with Gasteiger partial charge in [-0.15, -0.1) is 0 Å². The highest BCUT2D eigenvalue weighted by Gasteiger charge is 2.46. The normalized spacial score (nSPS) is 27.9. The summed E-state index contributed by atoms with van der Waals surface area (Å²) in [4.78, 5) is 35.6. The minimum absolute atomic E-state index is 0.166. The Morgan fingerprint density at radius 2 is 1.91 bits per heavy atom. The van der Waals surface area contributed by atoms with E-state index in [0.717, 1.165) is 4.90 Å². The molecule has 6 heterocycles. The number of ether oxygens (including phenoxy) is 1. The van der Waals surface area contributed by atoms with Crippen molar-refractivity contribution in [3.05, 3.63) is 42.1 Å². The molecule has 2 aliphatic heterocycles. The van der Waals surface area contributed by atoms with Crippen LogP contribution in [-0.4, -0.2) is 94.1 Å². The van der Waals surface area contributed by atoms with Gasteiger partial charge in [-0.3, -0.25) is 23.5 Å². The number of fused-ring (bicyclic) bond motifs is 8. The van der Waals surface area contributed by atoms with Gasteiger partial charge in [0.2, 0.25) is 0 Å². The number of hydrogen-bond acceptors (Lipinski definition) is 9. The van der Waals surface area contributed by atoms with E-state index in [2.05, 4.69) is 9.97 Å². The summed E-state index contributed by atoms with van der Waals surface area (Å²) in [5.41, 5.74) is 1.52. The molecular formula is C21H19N5O7. The number of aliphatic hydroxyl groups is 4. The van der Waals surface area contributed by atoms with Crippen LogP contribution in [0.5, 0.6) is 0 Å². The monoisotopic (exact) mass is 453 g/mol. The van der Waals surface area contributed by atoms with E-state index in [1.165, 1.54) is 34.7 Å². The Morgan fingerprint density at radius 1 is 1.12 bits per heavy atom. The largest absolute Gasteiger partial charge is 0.394 e. The Labute approximate surface area is 184 Å². The van der Waals surface area contributed by atoms with Gasteiger partial charge >= 0.3 is 0 Å². The molecule has 0 aromatic carbocycles. The van der Waals surface area contributed by atoms with Crippen LogP contribution in [0.3, 0.4) is 0 Å². The zero-order chi connectivity index (χ0) is 23.2. The average molecular weight is 453 g/mol. The molecule has 0 unspecified atom stereocenters. The van der Waals surface area contributed by atoms with E-state index in [1.54, 1.807) is 12.1 Å². The minimum Gasteiger partial charge on any atom is -0.394 e. The smallest absolute Gasteiger partial charge is 0.278 e. The molecule has 4 aromatic heterocycles. The van der Waals surface area contributed by atoms with Crippen LogP contribution in [0.15, 0.2) is 30.9 Å². The maximum Gasteiger partial charge on any atom is 0.278 e. The maximum absolute atomic E-state index is 13.1. The van der Waals surface area contributed by atoms with E-state index in [-0.39, 0.29) is 11.3 Å². The number of hydrogen-bond donors (Lipinski definition) is 4. The second-order valence-electron chi connectivity index (χ2n) is 8.23. The van der Waals surface area contributed by atoms with Crippen molar-refractivity contribution in [1.82, 2.24) is 23.8 Å². The van der Waals surface area contributed by atoms with Crippen LogP contribution in [0, 0.1) is 0 Å².